The first-order valence-electron chi connectivity index (χ1n) is 16.1. The first-order chi connectivity index (χ1) is 21.4. The number of hydrogen-bond acceptors (Lipinski definition) is 7. The molecule has 4 heterocycles. The summed E-state index contributed by atoms with van der Waals surface area (Å²) in [6.45, 7) is 13.2. The van der Waals surface area contributed by atoms with Gasteiger partial charge in [-0.05, 0) is 120 Å². The lowest BCUT2D eigenvalue weighted by Gasteiger charge is -2.39. The number of halogens is 2. The van der Waals surface area contributed by atoms with Crippen molar-refractivity contribution in [1.82, 2.24) is 10.2 Å². The number of ether oxygens (including phenoxy) is 1. The summed E-state index contributed by atoms with van der Waals surface area (Å²) in [5.74, 6) is 0. The lowest BCUT2D eigenvalue weighted by Crippen LogP contribution is -2.46. The van der Waals surface area contributed by atoms with E-state index in [1.165, 1.54) is 19.3 Å². The zero-order valence-electron chi connectivity index (χ0n) is 26.7. The van der Waals surface area contributed by atoms with Gasteiger partial charge in [-0.3, -0.25) is 9.59 Å². The molecule has 1 N–H and O–H groups in total. The number of nitrogens with one attached hydrogen (secondary N) is 1. The van der Waals surface area contributed by atoms with Crippen LogP contribution in [0.5, 0.6) is 0 Å². The summed E-state index contributed by atoms with van der Waals surface area (Å²) in [7, 11) is 0. The second kappa shape index (κ2) is 13.9. The molecule has 45 heavy (non-hydrogen) atoms. The number of carbonyl (C=O) groups excluding carboxylic acids is 3. The number of rotatable bonds is 4. The first kappa shape index (κ1) is 33.6. The van der Waals surface area contributed by atoms with E-state index in [9.17, 15) is 14.4 Å². The predicted octanol–water partition coefficient (Wildman–Crippen LogP) is 7.11. The van der Waals surface area contributed by atoms with Crippen LogP contribution in [0.1, 0.15) is 80.0 Å². The molecule has 0 aromatic heterocycles. The number of piperidine rings is 2. The molecule has 4 aliphatic rings. The molecular weight excluding hydrogens is 611 g/mol. The van der Waals surface area contributed by atoms with E-state index < -0.39 is 5.60 Å². The standard InChI is InChI=1S/C20H27ClN2O3.C15H19ClN2O/c1-19(2,3)26-18(25)22-9-6-20(7-10-22)8-11-23(14-20)17-12-16(21)5-4-15(17)13-24;16-13-2-1-12(10-19)14(9-13)18-8-5-15(11-18)3-6-17-7-4-15/h4-5,12-13H,6-11,14H2,1-3H3;1-2,9-10,17H,3-8,11H2. The molecule has 0 aliphatic carbocycles. The third kappa shape index (κ3) is 8.13. The lowest BCUT2D eigenvalue weighted by molar-refractivity contribution is 0.0122. The van der Waals surface area contributed by atoms with E-state index in [2.05, 4.69) is 15.1 Å². The van der Waals surface area contributed by atoms with E-state index in [4.69, 9.17) is 27.9 Å². The molecule has 2 aromatic carbocycles. The van der Waals surface area contributed by atoms with E-state index in [-0.39, 0.29) is 11.5 Å². The summed E-state index contributed by atoms with van der Waals surface area (Å²) >= 11 is 12.2. The fraction of sp³-hybridized carbons (Fsp3) is 0.571. The molecule has 0 saturated carbocycles. The zero-order chi connectivity index (χ0) is 32.2. The van der Waals surface area contributed by atoms with Crippen LogP contribution in [0, 0.1) is 10.8 Å². The fourth-order valence-electron chi connectivity index (χ4n) is 7.33. The third-order valence-electron chi connectivity index (χ3n) is 9.94. The van der Waals surface area contributed by atoms with E-state index in [1.54, 1.807) is 18.2 Å². The van der Waals surface area contributed by atoms with E-state index in [1.807, 2.05) is 43.9 Å². The zero-order valence-corrected chi connectivity index (χ0v) is 28.3. The maximum Gasteiger partial charge on any atom is 0.410 e. The molecule has 244 valence electrons. The second-order valence-corrected chi connectivity index (χ2v) is 15.1. The van der Waals surface area contributed by atoms with Crippen molar-refractivity contribution in [2.75, 3.05) is 62.2 Å². The highest BCUT2D eigenvalue weighted by Crippen LogP contribution is 2.43. The molecule has 2 aromatic rings. The van der Waals surface area contributed by atoms with Gasteiger partial charge in [0.25, 0.3) is 0 Å². The normalized spacial score (nSPS) is 20.6. The quantitative estimate of drug-likeness (QED) is 0.351. The number of amides is 1. The van der Waals surface area contributed by atoms with Gasteiger partial charge in [0.05, 0.1) is 0 Å². The second-order valence-electron chi connectivity index (χ2n) is 14.2. The molecule has 0 bridgehead atoms. The van der Waals surface area contributed by atoms with Crippen molar-refractivity contribution in [2.24, 2.45) is 10.8 Å². The Bertz CT molecular complexity index is 1380. The van der Waals surface area contributed by atoms with Crippen molar-refractivity contribution in [3.8, 4) is 0 Å². The van der Waals surface area contributed by atoms with Gasteiger partial charge in [0.15, 0.2) is 12.6 Å². The van der Waals surface area contributed by atoms with Gasteiger partial charge in [0.1, 0.15) is 5.60 Å². The number of hydrogen-bond donors (Lipinski definition) is 1. The SMILES string of the molecule is CC(C)(C)OC(=O)N1CCC2(CC1)CCN(c1cc(Cl)ccc1C=O)C2.O=Cc1ccc(Cl)cc1N1CCC2(CCNCC2)C1. The molecule has 6 rings (SSSR count). The largest absolute Gasteiger partial charge is 0.444 e. The van der Waals surface area contributed by atoms with Gasteiger partial charge in [-0.1, -0.05) is 23.2 Å². The molecular formula is C35H46Cl2N4O4. The van der Waals surface area contributed by atoms with Crippen LogP contribution in [0.4, 0.5) is 16.2 Å². The predicted molar refractivity (Wildman–Crippen MR) is 181 cm³/mol. The van der Waals surface area contributed by atoms with Crippen molar-refractivity contribution >= 4 is 53.2 Å². The number of aldehydes is 2. The maximum atomic E-state index is 12.3. The van der Waals surface area contributed by atoms with Crippen LogP contribution in [-0.4, -0.2) is 81.5 Å². The van der Waals surface area contributed by atoms with Gasteiger partial charge in [-0.2, -0.15) is 0 Å². The van der Waals surface area contributed by atoms with Crippen molar-refractivity contribution in [1.29, 1.82) is 0 Å². The Hall–Kier alpha value is -2.81. The van der Waals surface area contributed by atoms with E-state index in [0.717, 1.165) is 101 Å². The van der Waals surface area contributed by atoms with Crippen molar-refractivity contribution in [3.05, 3.63) is 57.6 Å². The van der Waals surface area contributed by atoms with Gasteiger partial charge < -0.3 is 24.8 Å². The van der Waals surface area contributed by atoms with Gasteiger partial charge in [0.2, 0.25) is 0 Å². The molecule has 10 heteroatoms. The Morgan fingerprint density at radius 2 is 1.20 bits per heavy atom. The highest BCUT2D eigenvalue weighted by molar-refractivity contribution is 6.31. The Kier molecular flexibility index (Phi) is 10.4. The topological polar surface area (TPSA) is 82.2 Å². The number of benzene rings is 2. The smallest absolute Gasteiger partial charge is 0.410 e. The lowest BCUT2D eigenvalue weighted by atomic mass is 9.78. The summed E-state index contributed by atoms with van der Waals surface area (Å²) in [6.07, 6.45) is 8.28. The minimum absolute atomic E-state index is 0.195. The molecule has 2 spiro atoms. The van der Waals surface area contributed by atoms with Gasteiger partial charge in [-0.25, -0.2) is 4.79 Å². The summed E-state index contributed by atoms with van der Waals surface area (Å²) < 4.78 is 5.49. The molecule has 0 atom stereocenters. The average Bonchev–Trinajstić information content (AvgIpc) is 3.61. The van der Waals surface area contributed by atoms with Crippen LogP contribution in [0.2, 0.25) is 10.0 Å². The third-order valence-corrected chi connectivity index (χ3v) is 10.4. The van der Waals surface area contributed by atoms with Crippen LogP contribution < -0.4 is 15.1 Å². The Balaban J connectivity index is 0.000000186. The number of carbonyl (C=O) groups is 3. The Morgan fingerprint density at radius 3 is 1.64 bits per heavy atom. The van der Waals surface area contributed by atoms with Crippen molar-refractivity contribution in [2.45, 2.75) is 64.9 Å². The van der Waals surface area contributed by atoms with Crippen LogP contribution in [0.15, 0.2) is 36.4 Å². The summed E-state index contributed by atoms with van der Waals surface area (Å²) in [5.41, 5.74) is 3.51. The van der Waals surface area contributed by atoms with Crippen LogP contribution in [0.3, 0.4) is 0 Å². The molecule has 4 fully saturated rings. The summed E-state index contributed by atoms with van der Waals surface area (Å²) in [5, 5.41) is 4.77. The minimum Gasteiger partial charge on any atom is -0.444 e. The van der Waals surface area contributed by atoms with Gasteiger partial charge >= 0.3 is 6.09 Å². The molecule has 0 radical (unpaired) electrons. The first-order valence-corrected chi connectivity index (χ1v) is 16.9. The summed E-state index contributed by atoms with van der Waals surface area (Å²) in [4.78, 5) is 41.2. The van der Waals surface area contributed by atoms with Crippen molar-refractivity contribution in [3.63, 3.8) is 0 Å². The van der Waals surface area contributed by atoms with Gasteiger partial charge in [-0.15, -0.1) is 0 Å². The van der Waals surface area contributed by atoms with Crippen LogP contribution in [-0.2, 0) is 4.74 Å². The van der Waals surface area contributed by atoms with Crippen LogP contribution >= 0.6 is 23.2 Å². The molecule has 8 nitrogen and oxygen atoms in total. The molecule has 4 aliphatic heterocycles. The molecule has 4 saturated heterocycles. The fourth-order valence-corrected chi connectivity index (χ4v) is 7.66. The molecule has 0 unspecified atom stereocenters. The molecule has 1 amide bonds. The highest BCUT2D eigenvalue weighted by Gasteiger charge is 2.43. The monoisotopic (exact) mass is 656 g/mol. The number of likely N-dealkylation sites (tertiary alicyclic amines) is 1. The van der Waals surface area contributed by atoms with Crippen LogP contribution in [0.25, 0.3) is 0 Å². The summed E-state index contributed by atoms with van der Waals surface area (Å²) in [6, 6.07) is 10.9. The minimum atomic E-state index is -0.464. The maximum absolute atomic E-state index is 12.3. The Morgan fingerprint density at radius 1 is 0.756 bits per heavy atom. The van der Waals surface area contributed by atoms with Gasteiger partial charge in [0, 0.05) is 71.8 Å². The van der Waals surface area contributed by atoms with Crippen molar-refractivity contribution < 1.29 is 19.1 Å². The van der Waals surface area contributed by atoms with E-state index in [0.29, 0.717) is 21.0 Å². The highest BCUT2D eigenvalue weighted by atomic mass is 35.5. The number of anilines is 2. The number of nitrogens with zero attached hydrogens (tertiary/aromatic N) is 3. The Labute approximate surface area is 277 Å². The van der Waals surface area contributed by atoms with E-state index >= 15 is 0 Å². The average molecular weight is 658 g/mol.